The van der Waals surface area contributed by atoms with Crippen LogP contribution < -0.4 is 4.31 Å². The lowest BCUT2D eigenvalue weighted by atomic mass is 9.94. The van der Waals surface area contributed by atoms with Gasteiger partial charge in [-0.25, -0.2) is 12.7 Å². The van der Waals surface area contributed by atoms with Crippen molar-refractivity contribution in [1.29, 1.82) is 0 Å². The zero-order valence-electron chi connectivity index (χ0n) is 14.1. The molecule has 134 valence electrons. The maximum Gasteiger partial charge on any atom is 0.295 e. The number of halogens is 2. The number of aromatic nitrogens is 1. The summed E-state index contributed by atoms with van der Waals surface area (Å²) in [5.74, 6) is -3.52. The van der Waals surface area contributed by atoms with E-state index in [1.165, 1.54) is 24.4 Å². The number of sulfonamides is 1. The molecule has 0 atom stereocenters. The Morgan fingerprint density at radius 2 is 1.65 bits per heavy atom. The lowest BCUT2D eigenvalue weighted by molar-refractivity contribution is -0.0392. The number of pyridine rings is 1. The van der Waals surface area contributed by atoms with Crippen LogP contribution >= 0.6 is 0 Å². The van der Waals surface area contributed by atoms with Gasteiger partial charge in [-0.2, -0.15) is 8.78 Å². The fourth-order valence-corrected chi connectivity index (χ4v) is 4.89. The van der Waals surface area contributed by atoms with E-state index in [4.69, 9.17) is 0 Å². The van der Waals surface area contributed by atoms with Gasteiger partial charge in [0.2, 0.25) is 0 Å². The van der Waals surface area contributed by atoms with E-state index in [-0.39, 0.29) is 16.9 Å². The third-order valence-corrected chi connectivity index (χ3v) is 7.35. The fourth-order valence-electron chi connectivity index (χ4n) is 3.21. The van der Waals surface area contributed by atoms with Crippen molar-refractivity contribution in [3.05, 3.63) is 66.4 Å². The van der Waals surface area contributed by atoms with Crippen molar-refractivity contribution >= 4 is 32.3 Å². The second kappa shape index (κ2) is 5.23. The Labute approximate surface area is 150 Å². The van der Waals surface area contributed by atoms with Crippen LogP contribution in [0.3, 0.4) is 0 Å². The summed E-state index contributed by atoms with van der Waals surface area (Å²) < 4.78 is 55.0. The molecule has 2 aromatic carbocycles. The van der Waals surface area contributed by atoms with E-state index in [1.807, 2.05) is 12.1 Å². The number of alkyl halides is 2. The van der Waals surface area contributed by atoms with Gasteiger partial charge in [0.05, 0.1) is 23.1 Å². The standard InChI is InChI=1S/C19H16F2N2O2S/c1-18(2)19(20,21)15-8-4-6-10-17(15)23(26(18,24)25)14-11-13-7-3-5-9-16(13)22-12-14/h3-12H,1-2H3. The summed E-state index contributed by atoms with van der Waals surface area (Å²) in [4.78, 5) is 4.29. The molecule has 0 unspecified atom stereocenters. The third kappa shape index (κ3) is 2.03. The highest BCUT2D eigenvalue weighted by Crippen LogP contribution is 2.54. The van der Waals surface area contributed by atoms with E-state index >= 15 is 0 Å². The van der Waals surface area contributed by atoms with Gasteiger partial charge in [-0.3, -0.25) is 4.98 Å². The molecule has 0 N–H and O–H groups in total. The predicted octanol–water partition coefficient (Wildman–Crippen LogP) is 4.59. The van der Waals surface area contributed by atoms with Crippen molar-refractivity contribution in [1.82, 2.24) is 4.98 Å². The van der Waals surface area contributed by atoms with Gasteiger partial charge in [-0.1, -0.05) is 36.4 Å². The number of para-hydroxylation sites is 2. The Hall–Kier alpha value is -2.54. The quantitative estimate of drug-likeness (QED) is 0.626. The Bertz CT molecular complexity index is 1130. The first-order valence-electron chi connectivity index (χ1n) is 8.05. The normalized spacial score (nSPS) is 19.9. The molecule has 0 aliphatic carbocycles. The van der Waals surface area contributed by atoms with E-state index in [2.05, 4.69) is 4.98 Å². The van der Waals surface area contributed by atoms with Crippen LogP contribution in [0.2, 0.25) is 0 Å². The minimum absolute atomic E-state index is 0.0473. The molecule has 26 heavy (non-hydrogen) atoms. The Morgan fingerprint density at radius 1 is 1.00 bits per heavy atom. The van der Waals surface area contributed by atoms with E-state index in [0.29, 0.717) is 5.52 Å². The topological polar surface area (TPSA) is 50.3 Å². The maximum atomic E-state index is 15.0. The number of anilines is 2. The van der Waals surface area contributed by atoms with E-state index < -0.39 is 20.7 Å². The summed E-state index contributed by atoms with van der Waals surface area (Å²) in [7, 11) is -4.40. The van der Waals surface area contributed by atoms with Gasteiger partial charge in [-0.15, -0.1) is 0 Å². The second-order valence-corrected chi connectivity index (χ2v) is 9.09. The van der Waals surface area contributed by atoms with Gasteiger partial charge in [0, 0.05) is 10.9 Å². The highest BCUT2D eigenvalue weighted by Gasteiger charge is 2.63. The molecule has 0 radical (unpaired) electrons. The van der Waals surface area contributed by atoms with Crippen molar-refractivity contribution in [2.45, 2.75) is 24.5 Å². The average molecular weight is 374 g/mol. The van der Waals surface area contributed by atoms with Crippen LogP contribution in [-0.2, 0) is 15.9 Å². The summed E-state index contributed by atoms with van der Waals surface area (Å²) in [6.07, 6.45) is 1.40. The van der Waals surface area contributed by atoms with Crippen LogP contribution in [0, 0.1) is 0 Å². The van der Waals surface area contributed by atoms with Gasteiger partial charge in [0.1, 0.15) is 0 Å². The zero-order valence-corrected chi connectivity index (χ0v) is 15.0. The van der Waals surface area contributed by atoms with Crippen molar-refractivity contribution in [2.24, 2.45) is 0 Å². The number of benzene rings is 2. The molecule has 7 heteroatoms. The number of rotatable bonds is 1. The smallest absolute Gasteiger partial charge is 0.254 e. The first kappa shape index (κ1) is 16.9. The third-order valence-electron chi connectivity index (χ3n) is 4.91. The minimum atomic E-state index is -4.40. The molecule has 1 aliphatic rings. The molecular weight excluding hydrogens is 358 g/mol. The first-order valence-corrected chi connectivity index (χ1v) is 9.49. The highest BCUT2D eigenvalue weighted by molar-refractivity contribution is 7.94. The van der Waals surface area contributed by atoms with Crippen LogP contribution in [0.5, 0.6) is 0 Å². The average Bonchev–Trinajstić information content (AvgIpc) is 2.61. The summed E-state index contributed by atoms with van der Waals surface area (Å²) in [5, 5.41) is 0.729. The Balaban J connectivity index is 2.05. The molecule has 4 nitrogen and oxygen atoms in total. The molecule has 0 bridgehead atoms. The van der Waals surface area contributed by atoms with E-state index in [9.17, 15) is 17.2 Å². The van der Waals surface area contributed by atoms with E-state index in [0.717, 1.165) is 23.5 Å². The maximum absolute atomic E-state index is 15.0. The highest BCUT2D eigenvalue weighted by atomic mass is 32.2. The first-order chi connectivity index (χ1) is 12.2. The lowest BCUT2D eigenvalue weighted by Gasteiger charge is -2.44. The van der Waals surface area contributed by atoms with Crippen molar-refractivity contribution in [2.75, 3.05) is 4.31 Å². The zero-order chi connectivity index (χ0) is 18.7. The van der Waals surface area contributed by atoms with Gasteiger partial charge in [0.15, 0.2) is 4.75 Å². The number of hydrogen-bond donors (Lipinski definition) is 0. The summed E-state index contributed by atoms with van der Waals surface area (Å²) in [6, 6.07) is 14.6. The molecular formula is C19H16F2N2O2S. The van der Waals surface area contributed by atoms with Crippen molar-refractivity contribution in [3.63, 3.8) is 0 Å². The fraction of sp³-hybridized carbons (Fsp3) is 0.211. The van der Waals surface area contributed by atoms with Gasteiger partial charge in [0.25, 0.3) is 15.9 Å². The Morgan fingerprint density at radius 3 is 2.42 bits per heavy atom. The minimum Gasteiger partial charge on any atom is -0.254 e. The second-order valence-electron chi connectivity index (χ2n) is 6.76. The number of fused-ring (bicyclic) bond motifs is 2. The van der Waals surface area contributed by atoms with Crippen molar-refractivity contribution < 1.29 is 17.2 Å². The molecule has 0 spiro atoms. The molecule has 4 rings (SSSR count). The predicted molar refractivity (Wildman–Crippen MR) is 97.2 cm³/mol. The summed E-state index contributed by atoms with van der Waals surface area (Å²) in [5.41, 5.74) is 0.574. The summed E-state index contributed by atoms with van der Waals surface area (Å²) >= 11 is 0. The molecule has 0 fully saturated rings. The molecule has 2 heterocycles. The molecule has 1 aromatic heterocycles. The van der Waals surface area contributed by atoms with Crippen LogP contribution in [0.15, 0.2) is 60.8 Å². The number of hydrogen-bond acceptors (Lipinski definition) is 3. The molecule has 3 aromatic rings. The SMILES string of the molecule is CC1(C)C(F)(F)c2ccccc2N(c2cnc3ccccc3c2)S1(=O)=O. The van der Waals surface area contributed by atoms with Gasteiger partial charge in [-0.05, 0) is 32.0 Å². The monoisotopic (exact) mass is 374 g/mol. The molecule has 0 saturated carbocycles. The Kier molecular flexibility index (Phi) is 3.40. The van der Waals surface area contributed by atoms with Crippen LogP contribution in [0.1, 0.15) is 19.4 Å². The van der Waals surface area contributed by atoms with Crippen LogP contribution in [-0.4, -0.2) is 18.1 Å². The van der Waals surface area contributed by atoms with Crippen LogP contribution in [0.25, 0.3) is 10.9 Å². The van der Waals surface area contributed by atoms with E-state index in [1.54, 1.807) is 24.3 Å². The number of nitrogens with zero attached hydrogens (tertiary/aromatic N) is 2. The lowest BCUT2D eigenvalue weighted by Crippen LogP contribution is -2.56. The van der Waals surface area contributed by atoms with Crippen molar-refractivity contribution in [3.8, 4) is 0 Å². The van der Waals surface area contributed by atoms with Gasteiger partial charge < -0.3 is 0 Å². The van der Waals surface area contributed by atoms with Gasteiger partial charge >= 0.3 is 0 Å². The summed E-state index contributed by atoms with van der Waals surface area (Å²) in [6.45, 7) is 2.11. The van der Waals surface area contributed by atoms with Crippen LogP contribution in [0.4, 0.5) is 20.2 Å². The molecule has 0 amide bonds. The molecule has 0 saturated heterocycles. The molecule has 1 aliphatic heterocycles. The largest absolute Gasteiger partial charge is 0.295 e.